The van der Waals surface area contributed by atoms with E-state index in [1.54, 1.807) is 11.8 Å². The molecule has 0 aromatic heterocycles. The van der Waals surface area contributed by atoms with Gasteiger partial charge in [0, 0.05) is 24.7 Å². The Morgan fingerprint density at radius 3 is 2.46 bits per heavy atom. The second kappa shape index (κ2) is 13.3. The fraction of sp³-hybridized carbons (Fsp3) is 0.897. The lowest BCUT2D eigenvalue weighted by atomic mass is 9.73. The molecule has 0 aromatic carbocycles. The first-order valence-corrected chi connectivity index (χ1v) is 15.4. The summed E-state index contributed by atoms with van der Waals surface area (Å²) in [6.07, 6.45) is 1.33. The SMILES string of the molecule is CCCC1(C)CCC(F)C/N=C(/C(C(=O)NC2CNCC(F)C2N2CCC(C(=O)N3CC(C)(O)C3)CC2)C(N)N)C1. The van der Waals surface area contributed by atoms with E-state index in [4.69, 9.17) is 11.5 Å². The van der Waals surface area contributed by atoms with E-state index in [1.165, 1.54) is 0 Å². The maximum Gasteiger partial charge on any atom is 0.232 e. The van der Waals surface area contributed by atoms with E-state index >= 15 is 4.39 Å². The number of carbonyl (C=O) groups is 2. The Balaban J connectivity index is 1.43. The van der Waals surface area contributed by atoms with Crippen LogP contribution in [0.5, 0.6) is 0 Å². The Morgan fingerprint density at radius 1 is 1.17 bits per heavy atom. The number of nitrogens with two attached hydrogens (primary N) is 2. The Bertz CT molecular complexity index is 951. The van der Waals surface area contributed by atoms with Gasteiger partial charge in [-0.25, -0.2) is 8.78 Å². The van der Waals surface area contributed by atoms with Crippen LogP contribution >= 0.6 is 0 Å². The summed E-state index contributed by atoms with van der Waals surface area (Å²) >= 11 is 0. The molecule has 6 atom stereocenters. The number of nitrogens with zero attached hydrogens (tertiary/aromatic N) is 3. The Morgan fingerprint density at radius 2 is 1.85 bits per heavy atom. The van der Waals surface area contributed by atoms with Crippen molar-refractivity contribution < 1.29 is 23.5 Å². The number of hydrogen-bond acceptors (Lipinski definition) is 8. The van der Waals surface area contributed by atoms with Crippen molar-refractivity contribution >= 4 is 17.5 Å². The number of alkyl halides is 2. The number of halogens is 2. The van der Waals surface area contributed by atoms with E-state index in [-0.39, 0.29) is 30.3 Å². The minimum atomic E-state index is -1.21. The predicted octanol–water partition coefficient (Wildman–Crippen LogP) is 0.715. The molecule has 10 nitrogen and oxygen atoms in total. The second-order valence-corrected chi connectivity index (χ2v) is 13.5. The van der Waals surface area contributed by atoms with Crippen molar-refractivity contribution in [3.8, 4) is 0 Å². The second-order valence-electron chi connectivity index (χ2n) is 13.5. The third-order valence-corrected chi connectivity index (χ3v) is 9.53. The number of rotatable bonds is 8. The van der Waals surface area contributed by atoms with Crippen molar-refractivity contribution in [1.29, 1.82) is 0 Å². The number of nitrogens with one attached hydrogen (secondary N) is 2. The molecule has 3 fully saturated rings. The topological polar surface area (TPSA) is 149 Å². The van der Waals surface area contributed by atoms with Crippen LogP contribution in [0.3, 0.4) is 0 Å². The van der Waals surface area contributed by atoms with Crippen LogP contribution < -0.4 is 22.1 Å². The van der Waals surface area contributed by atoms with E-state index in [2.05, 4.69) is 29.5 Å². The first-order chi connectivity index (χ1) is 19.3. The van der Waals surface area contributed by atoms with E-state index < -0.39 is 48.0 Å². The Hall–Kier alpha value is -1.73. The first-order valence-electron chi connectivity index (χ1n) is 15.4. The number of piperidine rings is 2. The number of aliphatic hydroxyl groups is 1. The third kappa shape index (κ3) is 7.81. The van der Waals surface area contributed by atoms with Gasteiger partial charge in [-0.15, -0.1) is 0 Å². The van der Waals surface area contributed by atoms with Gasteiger partial charge < -0.3 is 32.1 Å². The summed E-state index contributed by atoms with van der Waals surface area (Å²) < 4.78 is 30.0. The van der Waals surface area contributed by atoms with E-state index in [0.717, 1.165) is 12.8 Å². The highest BCUT2D eigenvalue weighted by Gasteiger charge is 2.45. The zero-order valence-corrected chi connectivity index (χ0v) is 25.0. The van der Waals surface area contributed by atoms with E-state index in [0.29, 0.717) is 70.5 Å². The first kappa shape index (κ1) is 32.2. The van der Waals surface area contributed by atoms with Crippen LogP contribution in [0.15, 0.2) is 4.99 Å². The summed E-state index contributed by atoms with van der Waals surface area (Å²) in [5, 5.41) is 16.1. The van der Waals surface area contributed by atoms with E-state index in [9.17, 15) is 19.1 Å². The molecule has 234 valence electrons. The van der Waals surface area contributed by atoms with Crippen LogP contribution in [-0.2, 0) is 9.59 Å². The quantitative estimate of drug-likeness (QED) is 0.264. The predicted molar refractivity (Wildman–Crippen MR) is 155 cm³/mol. The molecule has 2 amide bonds. The molecule has 0 radical (unpaired) electrons. The molecule has 0 aromatic rings. The Kier molecular flexibility index (Phi) is 10.4. The highest BCUT2D eigenvalue weighted by molar-refractivity contribution is 6.05. The van der Waals surface area contributed by atoms with Crippen molar-refractivity contribution in [2.45, 2.75) is 102 Å². The van der Waals surface area contributed by atoms with Gasteiger partial charge in [-0.3, -0.25) is 19.5 Å². The van der Waals surface area contributed by atoms with Crippen LogP contribution in [0.1, 0.15) is 65.7 Å². The Labute approximate surface area is 243 Å². The minimum Gasteiger partial charge on any atom is -0.386 e. The highest BCUT2D eigenvalue weighted by Crippen LogP contribution is 2.37. The molecule has 4 rings (SSSR count). The fourth-order valence-electron chi connectivity index (χ4n) is 7.36. The van der Waals surface area contributed by atoms with Crippen molar-refractivity contribution in [3.63, 3.8) is 0 Å². The van der Waals surface area contributed by atoms with Gasteiger partial charge in [-0.05, 0) is 64.0 Å². The van der Waals surface area contributed by atoms with Gasteiger partial charge >= 0.3 is 0 Å². The molecule has 0 saturated carbocycles. The van der Waals surface area contributed by atoms with Crippen LogP contribution in [0.4, 0.5) is 8.78 Å². The van der Waals surface area contributed by atoms with Crippen molar-refractivity contribution in [3.05, 3.63) is 0 Å². The summed E-state index contributed by atoms with van der Waals surface area (Å²) in [4.78, 5) is 34.9. The highest BCUT2D eigenvalue weighted by atomic mass is 19.1. The molecule has 12 heteroatoms. The molecule has 4 aliphatic rings. The molecular weight excluding hydrogens is 532 g/mol. The van der Waals surface area contributed by atoms with Gasteiger partial charge in [0.1, 0.15) is 18.3 Å². The average molecular weight is 584 g/mol. The number of carbonyl (C=O) groups excluding carboxylic acids is 2. The van der Waals surface area contributed by atoms with Gasteiger partial charge in [0.05, 0.1) is 43.5 Å². The zero-order valence-electron chi connectivity index (χ0n) is 25.0. The summed E-state index contributed by atoms with van der Waals surface area (Å²) in [5.74, 6) is -1.44. The van der Waals surface area contributed by atoms with Crippen molar-refractivity contribution in [1.82, 2.24) is 20.4 Å². The number of aliphatic imine (C=N–C) groups is 1. The van der Waals surface area contributed by atoms with Gasteiger partial charge in [0.2, 0.25) is 11.8 Å². The minimum absolute atomic E-state index is 0.0170. The standard InChI is InChI=1S/C29H51F2N7O3/c1-4-8-28(2)9-5-19(30)13-35-21(12-28)23(25(32)33)26(39)36-22-15-34-14-20(31)24(22)37-10-6-18(7-11-37)27(40)38-16-29(3,41)17-38/h18-20,22-25,34,41H,4-17,32-33H2,1-3H3,(H,36,39)/b35-21+. The van der Waals surface area contributed by atoms with E-state index in [1.807, 2.05) is 4.90 Å². The maximum absolute atomic E-state index is 15.4. The molecule has 41 heavy (non-hydrogen) atoms. The number of likely N-dealkylation sites (tertiary alicyclic amines) is 2. The van der Waals surface area contributed by atoms with Crippen LogP contribution in [0, 0.1) is 17.3 Å². The molecule has 4 heterocycles. The molecule has 3 saturated heterocycles. The van der Waals surface area contributed by atoms with Crippen LogP contribution in [0.25, 0.3) is 0 Å². The normalized spacial score (nSPS) is 35.5. The van der Waals surface area contributed by atoms with Crippen molar-refractivity contribution in [2.75, 3.05) is 45.8 Å². The smallest absolute Gasteiger partial charge is 0.232 e. The molecule has 0 aliphatic carbocycles. The third-order valence-electron chi connectivity index (χ3n) is 9.53. The summed E-state index contributed by atoms with van der Waals surface area (Å²) in [6.45, 7) is 8.24. The van der Waals surface area contributed by atoms with Gasteiger partial charge in [-0.2, -0.15) is 0 Å². The van der Waals surface area contributed by atoms with Gasteiger partial charge in [-0.1, -0.05) is 20.3 Å². The monoisotopic (exact) mass is 583 g/mol. The lowest BCUT2D eigenvalue weighted by Crippen LogP contribution is -2.67. The summed E-state index contributed by atoms with van der Waals surface area (Å²) in [6, 6.07) is -1.09. The fourth-order valence-corrected chi connectivity index (χ4v) is 7.36. The van der Waals surface area contributed by atoms with Crippen molar-refractivity contribution in [2.24, 2.45) is 33.7 Å². The molecule has 0 spiro atoms. The van der Waals surface area contributed by atoms with Crippen LogP contribution in [-0.4, -0.2) is 114 Å². The lowest BCUT2D eigenvalue weighted by molar-refractivity contribution is -0.158. The number of hydrogen-bond donors (Lipinski definition) is 5. The summed E-state index contributed by atoms with van der Waals surface area (Å²) in [5.41, 5.74) is 11.8. The zero-order chi connectivity index (χ0) is 29.9. The lowest BCUT2D eigenvalue weighted by Gasteiger charge is -2.48. The molecule has 6 unspecified atom stereocenters. The maximum atomic E-state index is 15.4. The largest absolute Gasteiger partial charge is 0.386 e. The molecule has 7 N–H and O–H groups in total. The molecule has 4 aliphatic heterocycles. The average Bonchev–Trinajstić information content (AvgIpc) is 2.88. The van der Waals surface area contributed by atoms with Crippen LogP contribution in [0.2, 0.25) is 0 Å². The number of β-amino-alcohol motifs (C(OH)–C–C–N with tert-alkyl or cyclic N) is 1. The summed E-state index contributed by atoms with van der Waals surface area (Å²) in [7, 11) is 0. The van der Waals surface area contributed by atoms with Gasteiger partial charge in [0.25, 0.3) is 0 Å². The molecule has 0 bridgehead atoms. The number of amides is 2. The van der Waals surface area contributed by atoms with Gasteiger partial charge in [0.15, 0.2) is 0 Å². The molecular formula is C29H51F2N7O3.